The topological polar surface area (TPSA) is 134 Å². The lowest BCUT2D eigenvalue weighted by atomic mass is 10.0. The third kappa shape index (κ3) is 5.05. The van der Waals surface area contributed by atoms with Gasteiger partial charge in [0.15, 0.2) is 0 Å². The number of nitrogens with one attached hydrogen (secondary N) is 3. The summed E-state index contributed by atoms with van der Waals surface area (Å²) in [6.07, 6.45) is 1.52. The summed E-state index contributed by atoms with van der Waals surface area (Å²) < 4.78 is 5.27. The highest BCUT2D eigenvalue weighted by molar-refractivity contribution is 6.13. The molecule has 0 aliphatic carbocycles. The highest BCUT2D eigenvalue weighted by Crippen LogP contribution is 2.15. The Morgan fingerprint density at radius 1 is 1.14 bits per heavy atom. The van der Waals surface area contributed by atoms with Crippen LogP contribution in [-0.2, 0) is 16.1 Å². The number of carbonyl (C=O) groups excluding carboxylic acids is 3. The third-order valence-corrected chi connectivity index (χ3v) is 4.62. The second-order valence-electron chi connectivity index (χ2n) is 6.70. The van der Waals surface area contributed by atoms with Crippen molar-refractivity contribution in [3.8, 4) is 0 Å². The lowest BCUT2D eigenvalue weighted by Crippen LogP contribution is -2.43. The van der Waals surface area contributed by atoms with Crippen LogP contribution in [0.2, 0.25) is 0 Å². The molecule has 8 heteroatoms. The molecule has 0 saturated carbocycles. The van der Waals surface area contributed by atoms with Crippen LogP contribution in [0.25, 0.3) is 0 Å². The van der Waals surface area contributed by atoms with E-state index in [9.17, 15) is 14.4 Å². The van der Waals surface area contributed by atoms with E-state index in [4.69, 9.17) is 15.9 Å². The van der Waals surface area contributed by atoms with E-state index in [1.54, 1.807) is 0 Å². The van der Waals surface area contributed by atoms with Gasteiger partial charge in [0, 0.05) is 5.56 Å². The Morgan fingerprint density at radius 2 is 1.90 bits per heavy atom. The lowest BCUT2D eigenvalue weighted by Gasteiger charge is -2.13. The van der Waals surface area contributed by atoms with Crippen LogP contribution in [0.4, 0.5) is 0 Å². The van der Waals surface area contributed by atoms with Crippen molar-refractivity contribution in [2.24, 2.45) is 5.73 Å². The summed E-state index contributed by atoms with van der Waals surface area (Å²) in [4.78, 5) is 37.0. The molecule has 0 aromatic heterocycles. The molecule has 0 radical (unpaired) electrons. The Bertz CT molecular complexity index is 937. The average molecular weight is 394 g/mol. The van der Waals surface area contributed by atoms with Crippen molar-refractivity contribution in [3.05, 3.63) is 70.8 Å². The molecule has 2 aromatic rings. The summed E-state index contributed by atoms with van der Waals surface area (Å²) in [5.74, 6) is -2.08. The summed E-state index contributed by atoms with van der Waals surface area (Å²) in [7, 11) is 0. The number of hydrogen-bond acceptors (Lipinski definition) is 6. The molecule has 2 amide bonds. The predicted molar refractivity (Wildman–Crippen MR) is 107 cm³/mol. The maximum Gasteiger partial charge on any atom is 0.338 e. The van der Waals surface area contributed by atoms with Crippen molar-refractivity contribution in [2.45, 2.75) is 25.5 Å². The molecular formula is C21H22N4O4. The fourth-order valence-electron chi connectivity index (χ4n) is 3.07. The van der Waals surface area contributed by atoms with Crippen LogP contribution in [0, 0.1) is 5.41 Å². The van der Waals surface area contributed by atoms with Crippen LogP contribution in [0.15, 0.2) is 48.5 Å². The molecule has 0 unspecified atom stereocenters. The summed E-state index contributed by atoms with van der Waals surface area (Å²) in [6.45, 7) is 0.824. The minimum Gasteiger partial charge on any atom is -0.457 e. The van der Waals surface area contributed by atoms with Gasteiger partial charge in [-0.05, 0) is 43.1 Å². The number of benzene rings is 2. The monoisotopic (exact) mass is 394 g/mol. The molecule has 0 spiro atoms. The maximum atomic E-state index is 12.5. The second kappa shape index (κ2) is 9.11. The minimum atomic E-state index is -0.668. The number of rotatable bonds is 6. The number of carbonyl (C=O) groups is 3. The molecule has 1 heterocycles. The number of amides is 2. The van der Waals surface area contributed by atoms with E-state index < -0.39 is 23.8 Å². The first kappa shape index (κ1) is 20.2. The largest absolute Gasteiger partial charge is 0.457 e. The Kier molecular flexibility index (Phi) is 6.36. The van der Waals surface area contributed by atoms with E-state index in [-0.39, 0.29) is 29.1 Å². The first-order chi connectivity index (χ1) is 14.0. The predicted octanol–water partition coefficient (Wildman–Crippen LogP) is 1.34. The molecule has 3 rings (SSSR count). The summed E-state index contributed by atoms with van der Waals surface area (Å²) >= 11 is 0. The Hall–Kier alpha value is -3.52. The van der Waals surface area contributed by atoms with Gasteiger partial charge in [-0.3, -0.25) is 20.3 Å². The van der Waals surface area contributed by atoms with Crippen molar-refractivity contribution in [2.75, 3.05) is 6.54 Å². The van der Waals surface area contributed by atoms with Gasteiger partial charge in [0.2, 0.25) is 5.91 Å². The first-order valence-electron chi connectivity index (χ1n) is 9.24. The van der Waals surface area contributed by atoms with E-state index in [0.29, 0.717) is 6.42 Å². The van der Waals surface area contributed by atoms with E-state index in [2.05, 4.69) is 10.6 Å². The van der Waals surface area contributed by atoms with Crippen molar-refractivity contribution >= 4 is 23.6 Å². The molecule has 1 saturated heterocycles. The van der Waals surface area contributed by atoms with Gasteiger partial charge in [-0.1, -0.05) is 30.3 Å². The number of imide groups is 1. The van der Waals surface area contributed by atoms with Gasteiger partial charge < -0.3 is 15.8 Å². The van der Waals surface area contributed by atoms with Crippen molar-refractivity contribution in [1.29, 1.82) is 5.41 Å². The summed E-state index contributed by atoms with van der Waals surface area (Å²) in [6, 6.07) is 12.9. The van der Waals surface area contributed by atoms with Gasteiger partial charge in [-0.25, -0.2) is 4.79 Å². The molecule has 1 aliphatic rings. The number of hydrogen-bond donors (Lipinski definition) is 4. The van der Waals surface area contributed by atoms with Gasteiger partial charge in [-0.2, -0.15) is 0 Å². The maximum absolute atomic E-state index is 12.5. The zero-order valence-corrected chi connectivity index (χ0v) is 15.7. The van der Waals surface area contributed by atoms with E-state index in [0.717, 1.165) is 18.5 Å². The standard InChI is InChI=1S/C21H22N4O4/c22-18(23)16-11-14(21(28)29-12-13-5-2-1-3-6-13)8-9-15(16)19(26)25-20(27)17-7-4-10-24-17/h1-3,5-6,8-9,11,17,24H,4,7,10,12H2,(H3,22,23)(H,25,26,27)/t17-/m0/s1. The SMILES string of the molecule is N=C(N)c1cc(C(=O)OCc2ccccc2)ccc1C(=O)NC(=O)[C@@H]1CCCN1. The lowest BCUT2D eigenvalue weighted by molar-refractivity contribution is -0.121. The molecule has 5 N–H and O–H groups in total. The normalized spacial score (nSPS) is 15.5. The van der Waals surface area contributed by atoms with Crippen molar-refractivity contribution < 1.29 is 19.1 Å². The zero-order chi connectivity index (χ0) is 20.8. The molecule has 1 aliphatic heterocycles. The summed E-state index contributed by atoms with van der Waals surface area (Å²) in [5, 5.41) is 13.1. The van der Waals surface area contributed by atoms with Crippen LogP contribution in [-0.4, -0.2) is 36.2 Å². The number of nitrogen functional groups attached to an aromatic ring is 1. The van der Waals surface area contributed by atoms with Gasteiger partial charge >= 0.3 is 5.97 Å². The van der Waals surface area contributed by atoms with E-state index in [1.165, 1.54) is 18.2 Å². The van der Waals surface area contributed by atoms with Crippen LogP contribution in [0.3, 0.4) is 0 Å². The van der Waals surface area contributed by atoms with Gasteiger partial charge in [0.05, 0.1) is 17.2 Å². The number of nitrogens with two attached hydrogens (primary N) is 1. The quantitative estimate of drug-likeness (QED) is 0.253. The zero-order valence-electron chi connectivity index (χ0n) is 15.7. The molecule has 0 bridgehead atoms. The minimum absolute atomic E-state index is 0.0449. The van der Waals surface area contributed by atoms with Crippen molar-refractivity contribution in [3.63, 3.8) is 0 Å². The van der Waals surface area contributed by atoms with Crippen LogP contribution in [0.5, 0.6) is 0 Å². The molecule has 1 atom stereocenters. The molecule has 150 valence electrons. The van der Waals surface area contributed by atoms with E-state index >= 15 is 0 Å². The number of esters is 1. The second-order valence-corrected chi connectivity index (χ2v) is 6.70. The smallest absolute Gasteiger partial charge is 0.338 e. The molecule has 29 heavy (non-hydrogen) atoms. The highest BCUT2D eigenvalue weighted by atomic mass is 16.5. The molecule has 8 nitrogen and oxygen atoms in total. The fraction of sp³-hybridized carbons (Fsp3) is 0.238. The molecular weight excluding hydrogens is 372 g/mol. The van der Waals surface area contributed by atoms with E-state index in [1.807, 2.05) is 30.3 Å². The first-order valence-corrected chi connectivity index (χ1v) is 9.24. The van der Waals surface area contributed by atoms with Crippen LogP contribution >= 0.6 is 0 Å². The van der Waals surface area contributed by atoms with Gasteiger partial charge in [-0.15, -0.1) is 0 Å². The van der Waals surface area contributed by atoms with Crippen LogP contribution < -0.4 is 16.4 Å². The Labute approximate surface area is 167 Å². The molecule has 1 fully saturated rings. The molecule has 2 aromatic carbocycles. The van der Waals surface area contributed by atoms with Crippen molar-refractivity contribution in [1.82, 2.24) is 10.6 Å². The number of amidine groups is 1. The van der Waals surface area contributed by atoms with Gasteiger partial charge in [0.1, 0.15) is 12.4 Å². The number of ether oxygens (including phenoxy) is 1. The average Bonchev–Trinajstić information content (AvgIpc) is 3.27. The Balaban J connectivity index is 1.72. The Morgan fingerprint density at radius 3 is 2.55 bits per heavy atom. The van der Waals surface area contributed by atoms with Gasteiger partial charge in [0.25, 0.3) is 5.91 Å². The third-order valence-electron chi connectivity index (χ3n) is 4.62. The summed E-state index contributed by atoms with van der Waals surface area (Å²) in [5.41, 5.74) is 6.69. The van der Waals surface area contributed by atoms with Crippen LogP contribution in [0.1, 0.15) is 44.7 Å². The highest BCUT2D eigenvalue weighted by Gasteiger charge is 2.25. The fourth-order valence-corrected chi connectivity index (χ4v) is 3.07.